The number of hydrogen-bond donors (Lipinski definition) is 0. The van der Waals surface area contributed by atoms with Crippen LogP contribution in [0.15, 0.2) is 39.0 Å². The van der Waals surface area contributed by atoms with E-state index >= 15 is 0 Å². The predicted octanol–water partition coefficient (Wildman–Crippen LogP) is 5.10. The second-order valence-electron chi connectivity index (χ2n) is 8.05. The molecular weight excluding hydrogens is 376 g/mol. The first-order valence-corrected chi connectivity index (χ1v) is 10.4. The molecule has 148 valence electrons. The molecule has 3 aromatic heterocycles. The van der Waals surface area contributed by atoms with E-state index in [1.807, 2.05) is 32.2 Å². The summed E-state index contributed by atoms with van der Waals surface area (Å²) in [5, 5.41) is 1.87. The van der Waals surface area contributed by atoms with E-state index in [0.717, 1.165) is 31.5 Å². The van der Waals surface area contributed by atoms with Crippen LogP contribution in [0.4, 0.5) is 10.7 Å². The molecule has 0 bridgehead atoms. The van der Waals surface area contributed by atoms with Crippen LogP contribution in [-0.2, 0) is 4.74 Å². The van der Waals surface area contributed by atoms with Crippen molar-refractivity contribution in [3.05, 3.63) is 40.0 Å². The molecule has 4 heterocycles. The average Bonchev–Trinajstić information content (AvgIpc) is 3.27. The van der Waals surface area contributed by atoms with Gasteiger partial charge in [0.15, 0.2) is 11.5 Å². The number of ether oxygens (including phenoxy) is 1. The van der Waals surface area contributed by atoms with Crippen molar-refractivity contribution in [3.8, 4) is 11.3 Å². The first-order chi connectivity index (χ1) is 13.3. The topological polar surface area (TPSA) is 64.7 Å². The van der Waals surface area contributed by atoms with Gasteiger partial charge < -0.3 is 14.1 Å². The fourth-order valence-corrected chi connectivity index (χ4v) is 4.34. The average molecular weight is 401 g/mol. The molecule has 28 heavy (non-hydrogen) atoms. The third-order valence-corrected chi connectivity index (χ3v) is 5.69. The third-order valence-electron chi connectivity index (χ3n) is 4.71. The maximum absolute atomic E-state index is 12.7. The van der Waals surface area contributed by atoms with Crippen LogP contribution in [-0.4, -0.2) is 29.4 Å². The number of anilines is 1. The first kappa shape index (κ1) is 18.8. The van der Waals surface area contributed by atoms with Gasteiger partial charge >= 0.3 is 6.09 Å². The summed E-state index contributed by atoms with van der Waals surface area (Å²) in [5.74, 6) is 0.604. The second kappa shape index (κ2) is 7.13. The zero-order valence-electron chi connectivity index (χ0n) is 16.4. The normalized spacial score (nSPS) is 15.2. The van der Waals surface area contributed by atoms with Crippen molar-refractivity contribution in [2.45, 2.75) is 45.6 Å². The Kier molecular flexibility index (Phi) is 4.79. The molecule has 7 heteroatoms. The summed E-state index contributed by atoms with van der Waals surface area (Å²) >= 11 is 1.34. The maximum Gasteiger partial charge on any atom is 0.418 e. The number of thiophene rings is 1. The molecule has 3 aromatic rings. The van der Waals surface area contributed by atoms with E-state index in [1.54, 1.807) is 18.3 Å². The van der Waals surface area contributed by atoms with Crippen molar-refractivity contribution >= 4 is 33.6 Å². The van der Waals surface area contributed by atoms with Crippen molar-refractivity contribution in [2.75, 3.05) is 18.0 Å². The number of rotatable bonds is 2. The van der Waals surface area contributed by atoms with Crippen LogP contribution in [0.2, 0.25) is 0 Å². The Morgan fingerprint density at radius 1 is 1.21 bits per heavy atom. The first-order valence-electron chi connectivity index (χ1n) is 9.55. The molecule has 1 saturated heterocycles. The Balaban J connectivity index is 1.78. The van der Waals surface area contributed by atoms with Crippen molar-refractivity contribution in [1.82, 2.24) is 4.57 Å². The van der Waals surface area contributed by atoms with Gasteiger partial charge in [-0.15, -0.1) is 11.3 Å². The lowest BCUT2D eigenvalue weighted by atomic mass is 10.1. The van der Waals surface area contributed by atoms with E-state index in [4.69, 9.17) is 9.15 Å². The van der Waals surface area contributed by atoms with Crippen molar-refractivity contribution in [3.63, 3.8) is 0 Å². The Bertz CT molecular complexity index is 1060. The van der Waals surface area contributed by atoms with Crippen LogP contribution in [0.5, 0.6) is 0 Å². The minimum absolute atomic E-state index is 0.0477. The van der Waals surface area contributed by atoms with Crippen LogP contribution in [0.25, 0.3) is 21.5 Å². The summed E-state index contributed by atoms with van der Waals surface area (Å²) in [6.07, 6.45) is 4.61. The monoisotopic (exact) mass is 400 g/mol. The molecule has 0 aromatic carbocycles. The molecule has 0 aliphatic carbocycles. The smallest absolute Gasteiger partial charge is 0.418 e. The van der Waals surface area contributed by atoms with Gasteiger partial charge in [-0.05, 0) is 52.2 Å². The zero-order chi connectivity index (χ0) is 19.9. The number of piperidine rings is 1. The van der Waals surface area contributed by atoms with Crippen molar-refractivity contribution in [2.24, 2.45) is 0 Å². The summed E-state index contributed by atoms with van der Waals surface area (Å²) in [7, 11) is 0. The van der Waals surface area contributed by atoms with Gasteiger partial charge in [-0.2, -0.15) is 0 Å². The van der Waals surface area contributed by atoms with Crippen molar-refractivity contribution in [1.29, 1.82) is 0 Å². The Morgan fingerprint density at radius 3 is 2.68 bits per heavy atom. The van der Waals surface area contributed by atoms with Gasteiger partial charge in [0.1, 0.15) is 10.3 Å². The van der Waals surface area contributed by atoms with Crippen LogP contribution in [0.3, 0.4) is 0 Å². The number of aromatic nitrogens is 1. The highest BCUT2D eigenvalue weighted by molar-refractivity contribution is 7.17. The molecule has 4 rings (SSSR count). The van der Waals surface area contributed by atoms with Gasteiger partial charge in [0, 0.05) is 30.7 Å². The van der Waals surface area contributed by atoms with Gasteiger partial charge in [-0.3, -0.25) is 9.36 Å². The molecule has 0 saturated carbocycles. The number of carbonyl (C=O) groups is 1. The number of nitrogens with zero attached hydrogens (tertiary/aromatic N) is 2. The summed E-state index contributed by atoms with van der Waals surface area (Å²) in [6.45, 7) is 7.28. The molecule has 1 aliphatic rings. The highest BCUT2D eigenvalue weighted by Crippen LogP contribution is 2.35. The lowest BCUT2D eigenvalue weighted by Gasteiger charge is -2.26. The van der Waals surface area contributed by atoms with Gasteiger partial charge in [0.25, 0.3) is 0 Å². The highest BCUT2D eigenvalue weighted by Gasteiger charge is 2.23. The lowest BCUT2D eigenvalue weighted by Crippen LogP contribution is -2.30. The highest BCUT2D eigenvalue weighted by atomic mass is 32.1. The van der Waals surface area contributed by atoms with E-state index in [2.05, 4.69) is 4.90 Å². The summed E-state index contributed by atoms with van der Waals surface area (Å²) in [5.41, 5.74) is 1.27. The molecule has 6 nitrogen and oxygen atoms in total. The van der Waals surface area contributed by atoms with Crippen LogP contribution in [0, 0.1) is 0 Å². The second-order valence-corrected chi connectivity index (χ2v) is 8.93. The number of fused-ring (bicyclic) bond motifs is 1. The summed E-state index contributed by atoms with van der Waals surface area (Å²) in [4.78, 5) is 27.4. The molecular formula is C21H24N2O4S. The third kappa shape index (κ3) is 3.58. The van der Waals surface area contributed by atoms with Crippen molar-refractivity contribution < 1.29 is 13.9 Å². The van der Waals surface area contributed by atoms with Crippen LogP contribution < -0.4 is 10.3 Å². The molecule has 0 spiro atoms. The largest absolute Gasteiger partial charge is 0.443 e. The Labute approximate surface area is 167 Å². The lowest BCUT2D eigenvalue weighted by molar-refractivity contribution is 0.0540. The summed E-state index contributed by atoms with van der Waals surface area (Å²) in [6, 6.07) is 5.20. The fourth-order valence-electron chi connectivity index (χ4n) is 3.45. The van der Waals surface area contributed by atoms with Gasteiger partial charge in [-0.25, -0.2) is 4.79 Å². The molecule has 1 aliphatic heterocycles. The van der Waals surface area contributed by atoms with Gasteiger partial charge in [0.2, 0.25) is 5.43 Å². The van der Waals surface area contributed by atoms with E-state index in [0.29, 0.717) is 21.9 Å². The molecule has 1 fully saturated rings. The Hall–Kier alpha value is -2.54. The molecule has 0 unspecified atom stereocenters. The molecule has 0 amide bonds. The van der Waals surface area contributed by atoms with E-state index in [9.17, 15) is 9.59 Å². The molecule has 0 radical (unpaired) electrons. The minimum atomic E-state index is -0.594. The summed E-state index contributed by atoms with van der Waals surface area (Å²) < 4.78 is 13.7. The van der Waals surface area contributed by atoms with E-state index in [-0.39, 0.29) is 5.43 Å². The zero-order valence-corrected chi connectivity index (χ0v) is 17.2. The maximum atomic E-state index is 12.7. The Morgan fingerprint density at radius 2 is 1.96 bits per heavy atom. The van der Waals surface area contributed by atoms with E-state index in [1.165, 1.54) is 22.3 Å². The molecule has 0 atom stereocenters. The van der Waals surface area contributed by atoms with Gasteiger partial charge in [0.05, 0.1) is 11.3 Å². The van der Waals surface area contributed by atoms with Crippen LogP contribution in [0.1, 0.15) is 40.0 Å². The quantitative estimate of drug-likeness (QED) is 0.599. The van der Waals surface area contributed by atoms with E-state index < -0.39 is 11.7 Å². The SMILES string of the molecule is CC(C)(C)OC(=O)n1cccc1-c1csc2c(=O)cc(N3CCCCC3)oc12. The molecule has 0 N–H and O–H groups in total. The standard InChI is InChI=1S/C21H24N2O4S/c1-21(2,3)27-20(25)23-11-7-8-15(23)14-13-28-19-16(24)12-17(26-18(14)19)22-9-5-4-6-10-22/h7-8,11-13H,4-6,9-10H2,1-3H3. The van der Waals surface area contributed by atoms with Crippen LogP contribution >= 0.6 is 11.3 Å². The predicted molar refractivity (Wildman–Crippen MR) is 111 cm³/mol. The number of carbonyl (C=O) groups excluding carboxylic acids is 1. The number of hydrogen-bond acceptors (Lipinski definition) is 6. The fraction of sp³-hybridized carbons (Fsp3) is 0.429. The van der Waals surface area contributed by atoms with Gasteiger partial charge in [-0.1, -0.05) is 0 Å². The minimum Gasteiger partial charge on any atom is -0.443 e.